The third kappa shape index (κ3) is 3.87. The monoisotopic (exact) mass is 213 g/mol. The van der Waals surface area contributed by atoms with Crippen molar-refractivity contribution in [2.75, 3.05) is 20.1 Å². The van der Waals surface area contributed by atoms with Crippen molar-refractivity contribution in [1.29, 1.82) is 0 Å². The van der Waals surface area contributed by atoms with E-state index in [-0.39, 0.29) is 24.3 Å². The normalized spacial score (nSPS) is 17.0. The molecule has 2 amide bonds. The fourth-order valence-corrected chi connectivity index (χ4v) is 1.27. The minimum Gasteiger partial charge on any atom is -0.352 e. The van der Waals surface area contributed by atoms with Crippen molar-refractivity contribution >= 4 is 11.8 Å². The standard InChI is InChI=1S/C10H19N3O2/c1-7(5-11)10(15)13(2)6-9(14)12-8-3-4-8/h7-8H,3-6,11H2,1-2H3,(H,12,14). The molecule has 3 N–H and O–H groups in total. The van der Waals surface area contributed by atoms with Crippen LogP contribution in [0.5, 0.6) is 0 Å². The summed E-state index contributed by atoms with van der Waals surface area (Å²) in [5.74, 6) is -0.384. The smallest absolute Gasteiger partial charge is 0.239 e. The highest BCUT2D eigenvalue weighted by Gasteiger charge is 2.25. The van der Waals surface area contributed by atoms with Gasteiger partial charge in [-0.05, 0) is 12.8 Å². The molecule has 0 aromatic carbocycles. The molecule has 1 aliphatic rings. The SMILES string of the molecule is CC(CN)C(=O)N(C)CC(=O)NC1CC1. The van der Waals surface area contributed by atoms with E-state index in [4.69, 9.17) is 5.73 Å². The summed E-state index contributed by atoms with van der Waals surface area (Å²) in [7, 11) is 1.63. The number of nitrogens with one attached hydrogen (secondary N) is 1. The maximum Gasteiger partial charge on any atom is 0.239 e. The van der Waals surface area contributed by atoms with Crippen LogP contribution in [-0.4, -0.2) is 42.9 Å². The molecule has 0 bridgehead atoms. The first-order valence-corrected chi connectivity index (χ1v) is 5.29. The molecular formula is C10H19N3O2. The first kappa shape index (κ1) is 12.0. The Labute approximate surface area is 90.0 Å². The van der Waals surface area contributed by atoms with E-state index in [1.807, 2.05) is 0 Å². The molecule has 15 heavy (non-hydrogen) atoms. The number of nitrogens with two attached hydrogens (primary N) is 1. The van der Waals surface area contributed by atoms with E-state index >= 15 is 0 Å². The molecule has 0 radical (unpaired) electrons. The van der Waals surface area contributed by atoms with Crippen molar-refractivity contribution in [2.24, 2.45) is 11.7 Å². The molecule has 0 aliphatic heterocycles. The Morgan fingerprint density at radius 2 is 2.13 bits per heavy atom. The molecule has 1 atom stereocenters. The summed E-state index contributed by atoms with van der Waals surface area (Å²) >= 11 is 0. The summed E-state index contributed by atoms with van der Waals surface area (Å²) in [4.78, 5) is 24.4. The predicted molar refractivity (Wildman–Crippen MR) is 57.0 cm³/mol. The second kappa shape index (κ2) is 5.11. The van der Waals surface area contributed by atoms with Crippen LogP contribution in [0.3, 0.4) is 0 Å². The summed E-state index contributed by atoms with van der Waals surface area (Å²) in [6, 6.07) is 0.341. The van der Waals surface area contributed by atoms with Gasteiger partial charge in [-0.15, -0.1) is 0 Å². The number of amides is 2. The van der Waals surface area contributed by atoms with E-state index in [2.05, 4.69) is 5.32 Å². The fourth-order valence-electron chi connectivity index (χ4n) is 1.27. The van der Waals surface area contributed by atoms with Crippen molar-refractivity contribution in [3.8, 4) is 0 Å². The zero-order valence-corrected chi connectivity index (χ0v) is 9.32. The van der Waals surface area contributed by atoms with Crippen LogP contribution in [-0.2, 0) is 9.59 Å². The lowest BCUT2D eigenvalue weighted by Crippen LogP contribution is -2.42. The number of likely N-dealkylation sites (N-methyl/N-ethyl adjacent to an activating group) is 1. The van der Waals surface area contributed by atoms with Crippen LogP contribution in [0.15, 0.2) is 0 Å². The van der Waals surface area contributed by atoms with Gasteiger partial charge in [-0.3, -0.25) is 9.59 Å². The Bertz CT molecular complexity index is 251. The van der Waals surface area contributed by atoms with Crippen LogP contribution in [0.1, 0.15) is 19.8 Å². The average Bonchev–Trinajstić information content (AvgIpc) is 2.98. The van der Waals surface area contributed by atoms with E-state index < -0.39 is 0 Å². The molecule has 1 saturated carbocycles. The van der Waals surface area contributed by atoms with Gasteiger partial charge in [0.1, 0.15) is 0 Å². The van der Waals surface area contributed by atoms with Crippen LogP contribution in [0.4, 0.5) is 0 Å². The lowest BCUT2D eigenvalue weighted by molar-refractivity contribution is -0.137. The van der Waals surface area contributed by atoms with Gasteiger partial charge in [0.25, 0.3) is 0 Å². The quantitative estimate of drug-likeness (QED) is 0.635. The molecule has 0 spiro atoms. The Morgan fingerprint density at radius 3 is 2.60 bits per heavy atom. The minimum atomic E-state index is -0.219. The number of carbonyl (C=O) groups is 2. The number of rotatable bonds is 5. The van der Waals surface area contributed by atoms with Crippen LogP contribution >= 0.6 is 0 Å². The summed E-state index contributed by atoms with van der Waals surface area (Å²) in [5.41, 5.74) is 5.38. The average molecular weight is 213 g/mol. The second-order valence-corrected chi connectivity index (χ2v) is 4.17. The third-order valence-electron chi connectivity index (χ3n) is 2.47. The van der Waals surface area contributed by atoms with Crippen molar-refractivity contribution < 1.29 is 9.59 Å². The van der Waals surface area contributed by atoms with Gasteiger partial charge >= 0.3 is 0 Å². The molecule has 1 aliphatic carbocycles. The third-order valence-corrected chi connectivity index (χ3v) is 2.47. The zero-order valence-electron chi connectivity index (χ0n) is 9.32. The van der Waals surface area contributed by atoms with Crippen molar-refractivity contribution in [3.63, 3.8) is 0 Å². The second-order valence-electron chi connectivity index (χ2n) is 4.17. The Morgan fingerprint density at radius 1 is 1.53 bits per heavy atom. The number of carbonyl (C=O) groups excluding carboxylic acids is 2. The highest BCUT2D eigenvalue weighted by Crippen LogP contribution is 2.18. The molecule has 1 fully saturated rings. The van der Waals surface area contributed by atoms with Gasteiger partial charge in [0, 0.05) is 25.6 Å². The zero-order chi connectivity index (χ0) is 11.4. The Balaban J connectivity index is 2.29. The van der Waals surface area contributed by atoms with Crippen molar-refractivity contribution in [3.05, 3.63) is 0 Å². The molecule has 86 valence electrons. The molecule has 0 aromatic heterocycles. The van der Waals surface area contributed by atoms with Gasteiger partial charge in [-0.25, -0.2) is 0 Å². The minimum absolute atomic E-state index is 0.0801. The maximum absolute atomic E-state index is 11.6. The van der Waals surface area contributed by atoms with Crippen LogP contribution < -0.4 is 11.1 Å². The first-order valence-electron chi connectivity index (χ1n) is 5.29. The first-order chi connectivity index (χ1) is 7.04. The van der Waals surface area contributed by atoms with Gasteiger partial charge in [-0.1, -0.05) is 6.92 Å². The van der Waals surface area contributed by atoms with Gasteiger partial charge in [0.15, 0.2) is 0 Å². The number of hydrogen-bond acceptors (Lipinski definition) is 3. The van der Waals surface area contributed by atoms with Gasteiger partial charge < -0.3 is 16.0 Å². The van der Waals surface area contributed by atoms with E-state index in [0.29, 0.717) is 12.6 Å². The number of hydrogen-bond donors (Lipinski definition) is 2. The molecule has 5 nitrogen and oxygen atoms in total. The van der Waals surface area contributed by atoms with Crippen molar-refractivity contribution in [1.82, 2.24) is 10.2 Å². The highest BCUT2D eigenvalue weighted by atomic mass is 16.2. The largest absolute Gasteiger partial charge is 0.352 e. The van der Waals surface area contributed by atoms with Crippen LogP contribution in [0.2, 0.25) is 0 Å². The Kier molecular flexibility index (Phi) is 4.08. The van der Waals surface area contributed by atoms with Crippen LogP contribution in [0, 0.1) is 5.92 Å². The van der Waals surface area contributed by atoms with Crippen molar-refractivity contribution in [2.45, 2.75) is 25.8 Å². The molecule has 1 unspecified atom stereocenters. The van der Waals surface area contributed by atoms with E-state index in [0.717, 1.165) is 12.8 Å². The molecule has 5 heteroatoms. The molecule has 0 aromatic rings. The highest BCUT2D eigenvalue weighted by molar-refractivity contribution is 5.85. The lowest BCUT2D eigenvalue weighted by Gasteiger charge is -2.19. The molecule has 0 heterocycles. The Hall–Kier alpha value is -1.10. The fraction of sp³-hybridized carbons (Fsp3) is 0.800. The molecule has 1 rings (SSSR count). The summed E-state index contributed by atoms with van der Waals surface area (Å²) in [6.07, 6.45) is 2.12. The molecular weight excluding hydrogens is 194 g/mol. The van der Waals surface area contributed by atoms with Gasteiger partial charge in [0.05, 0.1) is 6.54 Å². The van der Waals surface area contributed by atoms with Crippen LogP contribution in [0.25, 0.3) is 0 Å². The molecule has 0 saturated heterocycles. The van der Waals surface area contributed by atoms with Gasteiger partial charge in [-0.2, -0.15) is 0 Å². The van der Waals surface area contributed by atoms with E-state index in [9.17, 15) is 9.59 Å². The van der Waals surface area contributed by atoms with Gasteiger partial charge in [0.2, 0.25) is 11.8 Å². The summed E-state index contributed by atoms with van der Waals surface area (Å²) in [6.45, 7) is 2.20. The maximum atomic E-state index is 11.6. The lowest BCUT2D eigenvalue weighted by atomic mass is 10.1. The van der Waals surface area contributed by atoms with E-state index in [1.54, 1.807) is 14.0 Å². The topological polar surface area (TPSA) is 75.4 Å². The predicted octanol–water partition coefficient (Wildman–Crippen LogP) is -0.682. The van der Waals surface area contributed by atoms with E-state index in [1.165, 1.54) is 4.90 Å². The summed E-state index contributed by atoms with van der Waals surface area (Å²) in [5, 5.41) is 2.83. The summed E-state index contributed by atoms with van der Waals surface area (Å²) < 4.78 is 0. The number of nitrogens with zero attached hydrogens (tertiary/aromatic N) is 1.